The number of rotatable bonds is 7. The Morgan fingerprint density at radius 3 is 2.44 bits per heavy atom. The summed E-state index contributed by atoms with van der Waals surface area (Å²) < 4.78 is 32.3. The van der Waals surface area contributed by atoms with Crippen molar-refractivity contribution in [2.75, 3.05) is 7.11 Å². The van der Waals surface area contributed by atoms with Crippen LogP contribution in [-0.2, 0) is 10.0 Å². The van der Waals surface area contributed by atoms with Crippen LogP contribution in [0, 0.1) is 0 Å². The Morgan fingerprint density at radius 1 is 1.22 bits per heavy atom. The van der Waals surface area contributed by atoms with Gasteiger partial charge in [-0.05, 0) is 37.1 Å². The van der Waals surface area contributed by atoms with Crippen molar-refractivity contribution in [3.05, 3.63) is 24.3 Å². The molecule has 18 heavy (non-hydrogen) atoms. The Morgan fingerprint density at radius 2 is 1.89 bits per heavy atom. The van der Waals surface area contributed by atoms with Crippen molar-refractivity contribution in [2.45, 2.75) is 37.5 Å². The van der Waals surface area contributed by atoms with Crippen LogP contribution in [0.3, 0.4) is 0 Å². The quantitative estimate of drug-likeness (QED) is 0.564. The number of nitrogens with zero attached hydrogens (tertiary/aromatic N) is 1. The molecule has 0 N–H and O–H groups in total. The van der Waals surface area contributed by atoms with Gasteiger partial charge in [-0.2, -0.15) is 12.8 Å². The van der Waals surface area contributed by atoms with Crippen LogP contribution in [0.1, 0.15) is 32.6 Å². The molecule has 1 rings (SSSR count). The Balaban J connectivity index is 2.67. The van der Waals surface area contributed by atoms with Crippen molar-refractivity contribution in [1.29, 1.82) is 0 Å². The topological polar surface area (TPSA) is 55.7 Å². The van der Waals surface area contributed by atoms with Gasteiger partial charge in [0, 0.05) is 6.21 Å². The highest BCUT2D eigenvalue weighted by Crippen LogP contribution is 2.17. The standard InChI is InChI=1S/C13H19NO3S/c1-3-4-5-6-11-14-18(15,16)13-9-7-12(17-2)8-10-13/h7-11H,3-6H2,1-2H3/b14-11+. The second-order valence-electron chi connectivity index (χ2n) is 3.93. The number of ether oxygens (including phenoxy) is 1. The lowest BCUT2D eigenvalue weighted by molar-refractivity contribution is 0.414. The second-order valence-corrected chi connectivity index (χ2v) is 5.57. The molecule has 5 heteroatoms. The van der Waals surface area contributed by atoms with Crippen molar-refractivity contribution < 1.29 is 13.2 Å². The van der Waals surface area contributed by atoms with Gasteiger partial charge in [0.15, 0.2) is 0 Å². The molecule has 1 aromatic rings. The fraction of sp³-hybridized carbons (Fsp3) is 0.462. The van der Waals surface area contributed by atoms with Crippen molar-refractivity contribution in [3.8, 4) is 5.75 Å². The van der Waals surface area contributed by atoms with E-state index in [0.717, 1.165) is 19.3 Å². The van der Waals surface area contributed by atoms with Crippen LogP contribution in [0.5, 0.6) is 5.75 Å². The Kier molecular flexibility index (Phi) is 5.85. The third-order valence-corrected chi connectivity index (χ3v) is 3.80. The SMILES string of the molecule is CCCCC/C=N/S(=O)(=O)c1ccc(OC)cc1. The van der Waals surface area contributed by atoms with Crippen LogP contribution in [0.2, 0.25) is 0 Å². The van der Waals surface area contributed by atoms with E-state index in [0.29, 0.717) is 12.2 Å². The molecule has 4 nitrogen and oxygen atoms in total. The number of unbranched alkanes of at least 4 members (excludes halogenated alkanes) is 3. The molecular formula is C13H19NO3S. The van der Waals surface area contributed by atoms with Gasteiger partial charge in [0.25, 0.3) is 10.0 Å². The summed E-state index contributed by atoms with van der Waals surface area (Å²) in [5, 5.41) is 0. The molecule has 0 spiro atoms. The van der Waals surface area contributed by atoms with Gasteiger partial charge in [0.1, 0.15) is 5.75 Å². The van der Waals surface area contributed by atoms with Gasteiger partial charge in [0.05, 0.1) is 12.0 Å². The van der Waals surface area contributed by atoms with Crippen LogP contribution < -0.4 is 4.74 Å². The smallest absolute Gasteiger partial charge is 0.281 e. The average Bonchev–Trinajstić information content (AvgIpc) is 2.38. The summed E-state index contributed by atoms with van der Waals surface area (Å²) in [6.07, 6.45) is 5.35. The molecule has 0 aromatic heterocycles. The molecule has 0 radical (unpaired) electrons. The van der Waals surface area contributed by atoms with E-state index < -0.39 is 10.0 Å². The fourth-order valence-electron chi connectivity index (χ4n) is 1.45. The minimum Gasteiger partial charge on any atom is -0.497 e. The number of sulfonamides is 1. The molecule has 0 aliphatic rings. The largest absolute Gasteiger partial charge is 0.497 e. The fourth-order valence-corrected chi connectivity index (χ4v) is 2.35. The molecule has 0 aliphatic heterocycles. The zero-order valence-corrected chi connectivity index (χ0v) is 11.6. The first-order valence-electron chi connectivity index (χ1n) is 6.03. The van der Waals surface area contributed by atoms with E-state index in [2.05, 4.69) is 11.3 Å². The van der Waals surface area contributed by atoms with E-state index in [-0.39, 0.29) is 4.90 Å². The predicted octanol–water partition coefficient (Wildman–Crippen LogP) is 3.04. The molecule has 0 fully saturated rings. The lowest BCUT2D eigenvalue weighted by Gasteiger charge is -2.01. The number of hydrogen-bond acceptors (Lipinski definition) is 3. The van der Waals surface area contributed by atoms with Gasteiger partial charge in [0.2, 0.25) is 0 Å². The van der Waals surface area contributed by atoms with Crippen molar-refractivity contribution in [1.82, 2.24) is 0 Å². The first kappa shape index (κ1) is 14.7. The molecule has 100 valence electrons. The summed E-state index contributed by atoms with van der Waals surface area (Å²) in [7, 11) is -2.02. The molecule has 0 bridgehead atoms. The van der Waals surface area contributed by atoms with Crippen LogP contribution in [-0.4, -0.2) is 21.7 Å². The van der Waals surface area contributed by atoms with Crippen molar-refractivity contribution in [3.63, 3.8) is 0 Å². The molecule has 0 unspecified atom stereocenters. The Labute approximate surface area is 109 Å². The molecule has 0 saturated carbocycles. The van der Waals surface area contributed by atoms with Crippen LogP contribution in [0.4, 0.5) is 0 Å². The monoisotopic (exact) mass is 269 g/mol. The minimum atomic E-state index is -3.56. The van der Waals surface area contributed by atoms with E-state index in [1.165, 1.54) is 25.5 Å². The Hall–Kier alpha value is -1.36. The van der Waals surface area contributed by atoms with Crippen molar-refractivity contribution >= 4 is 16.2 Å². The summed E-state index contributed by atoms with van der Waals surface area (Å²) in [4.78, 5) is 0.190. The van der Waals surface area contributed by atoms with Crippen molar-refractivity contribution in [2.24, 2.45) is 4.40 Å². The zero-order chi connectivity index (χ0) is 13.4. The van der Waals surface area contributed by atoms with E-state index in [9.17, 15) is 8.42 Å². The summed E-state index contributed by atoms with van der Waals surface area (Å²) in [6.45, 7) is 2.10. The average molecular weight is 269 g/mol. The maximum atomic E-state index is 11.8. The van der Waals surface area contributed by atoms with Crippen LogP contribution in [0.25, 0.3) is 0 Å². The lowest BCUT2D eigenvalue weighted by atomic mass is 10.2. The highest BCUT2D eigenvalue weighted by Gasteiger charge is 2.10. The van der Waals surface area contributed by atoms with Gasteiger partial charge in [-0.3, -0.25) is 0 Å². The van der Waals surface area contributed by atoms with E-state index >= 15 is 0 Å². The number of methoxy groups -OCH3 is 1. The highest BCUT2D eigenvalue weighted by atomic mass is 32.2. The summed E-state index contributed by atoms with van der Waals surface area (Å²) in [5.41, 5.74) is 0. The molecule has 0 amide bonds. The van der Waals surface area contributed by atoms with Gasteiger partial charge in [-0.25, -0.2) is 0 Å². The van der Waals surface area contributed by atoms with Gasteiger partial charge in [-0.15, -0.1) is 0 Å². The second kappa shape index (κ2) is 7.16. The molecule has 0 atom stereocenters. The first-order chi connectivity index (χ1) is 8.60. The molecular weight excluding hydrogens is 250 g/mol. The molecule has 0 heterocycles. The van der Waals surface area contributed by atoms with E-state index in [1.54, 1.807) is 12.1 Å². The lowest BCUT2D eigenvalue weighted by Crippen LogP contribution is -1.97. The molecule has 0 aliphatic carbocycles. The third-order valence-electron chi connectivity index (χ3n) is 2.51. The van der Waals surface area contributed by atoms with E-state index in [4.69, 9.17) is 4.74 Å². The van der Waals surface area contributed by atoms with Crippen LogP contribution in [0.15, 0.2) is 33.6 Å². The normalized spacial score (nSPS) is 11.9. The summed E-state index contributed by atoms with van der Waals surface area (Å²) in [5.74, 6) is 0.626. The van der Waals surface area contributed by atoms with Crippen LogP contribution >= 0.6 is 0 Å². The Bertz CT molecular complexity index is 477. The maximum Gasteiger partial charge on any atom is 0.281 e. The van der Waals surface area contributed by atoms with Gasteiger partial charge >= 0.3 is 0 Å². The predicted molar refractivity (Wildman–Crippen MR) is 72.8 cm³/mol. The third kappa shape index (κ3) is 4.49. The number of benzene rings is 1. The molecule has 0 saturated heterocycles. The minimum absolute atomic E-state index is 0.190. The van der Waals surface area contributed by atoms with Gasteiger partial charge in [-0.1, -0.05) is 19.8 Å². The molecule has 1 aromatic carbocycles. The van der Waals surface area contributed by atoms with Gasteiger partial charge < -0.3 is 4.74 Å². The summed E-state index contributed by atoms with van der Waals surface area (Å²) >= 11 is 0. The first-order valence-corrected chi connectivity index (χ1v) is 7.47. The number of hydrogen-bond donors (Lipinski definition) is 0. The highest BCUT2D eigenvalue weighted by molar-refractivity contribution is 7.90. The summed E-state index contributed by atoms with van der Waals surface area (Å²) in [6, 6.07) is 6.22. The maximum absolute atomic E-state index is 11.8. The zero-order valence-electron chi connectivity index (χ0n) is 10.8. The van der Waals surface area contributed by atoms with E-state index in [1.807, 2.05) is 0 Å².